The van der Waals surface area contributed by atoms with Gasteiger partial charge in [-0.05, 0) is 42.9 Å². The Bertz CT molecular complexity index is 586. The molecule has 112 valence electrons. The van der Waals surface area contributed by atoms with Gasteiger partial charge in [-0.2, -0.15) is 0 Å². The molecule has 3 unspecified atom stereocenters. The molecule has 2 rings (SSSR count). The topological polar surface area (TPSA) is 98.2 Å². The van der Waals surface area contributed by atoms with E-state index < -0.39 is 10.0 Å². The highest BCUT2D eigenvalue weighted by Crippen LogP contribution is 2.36. The second-order valence-electron chi connectivity index (χ2n) is 5.66. The fourth-order valence-electron chi connectivity index (χ4n) is 3.12. The van der Waals surface area contributed by atoms with Gasteiger partial charge in [-0.25, -0.2) is 13.6 Å². The van der Waals surface area contributed by atoms with E-state index in [4.69, 9.17) is 10.9 Å². The predicted molar refractivity (Wildman–Crippen MR) is 81.8 cm³/mol. The minimum atomic E-state index is -3.78. The summed E-state index contributed by atoms with van der Waals surface area (Å²) in [5, 5.41) is 8.61. The van der Waals surface area contributed by atoms with Gasteiger partial charge in [-0.1, -0.05) is 20.3 Å². The Kier molecular flexibility index (Phi) is 4.25. The lowest BCUT2D eigenvalue weighted by Crippen LogP contribution is -2.26. The quantitative estimate of drug-likeness (QED) is 0.742. The van der Waals surface area contributed by atoms with Gasteiger partial charge in [0.25, 0.3) is 0 Å². The maximum atomic E-state index is 11.7. The molecule has 20 heavy (non-hydrogen) atoms. The summed E-state index contributed by atoms with van der Waals surface area (Å²) < 4.78 is 23.3. The van der Waals surface area contributed by atoms with Crippen molar-refractivity contribution in [1.82, 2.24) is 0 Å². The van der Waals surface area contributed by atoms with Crippen molar-refractivity contribution in [3.05, 3.63) is 18.2 Å². The number of nitrogens with one attached hydrogen (secondary N) is 1. The Morgan fingerprint density at radius 2 is 2.05 bits per heavy atom. The predicted octanol–water partition coefficient (Wildman–Crippen LogP) is 2.15. The molecule has 0 spiro atoms. The van der Waals surface area contributed by atoms with Crippen molar-refractivity contribution in [3.63, 3.8) is 0 Å². The van der Waals surface area contributed by atoms with E-state index in [0.717, 1.165) is 12.8 Å². The van der Waals surface area contributed by atoms with Crippen molar-refractivity contribution < 1.29 is 8.42 Å². The summed E-state index contributed by atoms with van der Waals surface area (Å²) in [6, 6.07) is 5.08. The third-order valence-corrected chi connectivity index (χ3v) is 5.35. The van der Waals surface area contributed by atoms with E-state index in [-0.39, 0.29) is 10.9 Å². The lowest BCUT2D eigenvalue weighted by molar-refractivity contribution is 0.391. The lowest BCUT2D eigenvalue weighted by Gasteiger charge is -2.23. The molecule has 0 heterocycles. The molecule has 1 aromatic carbocycles. The molecule has 1 aliphatic carbocycles. The molecule has 1 aliphatic rings. The number of nitrogen functional groups attached to an aromatic ring is 1. The molecule has 0 aromatic heterocycles. The Labute approximate surface area is 120 Å². The van der Waals surface area contributed by atoms with Crippen molar-refractivity contribution in [2.75, 3.05) is 11.1 Å². The van der Waals surface area contributed by atoms with Crippen LogP contribution in [0.25, 0.3) is 0 Å². The van der Waals surface area contributed by atoms with E-state index in [2.05, 4.69) is 19.2 Å². The zero-order chi connectivity index (χ0) is 14.9. The van der Waals surface area contributed by atoms with E-state index in [1.165, 1.54) is 12.5 Å². The standard InChI is InChI=1S/C14H23N3O2S/c1-3-10-4-6-12(9(10)2)17-13-7-5-11(15)8-14(13)20(16,18)19/h5,7-10,12,17H,3-4,6,15H2,1-2H3,(H2,16,18,19). The third-order valence-electron chi connectivity index (χ3n) is 4.40. The molecule has 1 aromatic rings. The first-order valence-electron chi connectivity index (χ1n) is 7.01. The van der Waals surface area contributed by atoms with Crippen LogP contribution >= 0.6 is 0 Å². The summed E-state index contributed by atoms with van der Waals surface area (Å²) in [6.07, 6.45) is 3.38. The normalized spacial score (nSPS) is 26.6. The van der Waals surface area contributed by atoms with Crippen molar-refractivity contribution in [1.29, 1.82) is 0 Å². The Morgan fingerprint density at radius 3 is 2.60 bits per heavy atom. The Balaban J connectivity index is 2.27. The van der Waals surface area contributed by atoms with Crippen LogP contribution in [0.4, 0.5) is 11.4 Å². The first-order chi connectivity index (χ1) is 9.32. The van der Waals surface area contributed by atoms with Gasteiger partial charge in [-0.3, -0.25) is 0 Å². The van der Waals surface area contributed by atoms with Crippen LogP contribution in [-0.2, 0) is 10.0 Å². The van der Waals surface area contributed by atoms with Gasteiger partial charge in [0.1, 0.15) is 4.90 Å². The SMILES string of the molecule is CCC1CCC(Nc2ccc(N)cc2S(N)(=O)=O)C1C. The number of rotatable bonds is 4. The van der Waals surface area contributed by atoms with E-state index in [9.17, 15) is 8.42 Å². The minimum absolute atomic E-state index is 0.0737. The van der Waals surface area contributed by atoms with Crippen LogP contribution < -0.4 is 16.2 Å². The van der Waals surface area contributed by atoms with Crippen molar-refractivity contribution >= 4 is 21.4 Å². The maximum Gasteiger partial charge on any atom is 0.240 e. The van der Waals surface area contributed by atoms with E-state index in [1.807, 2.05) is 0 Å². The molecular formula is C14H23N3O2S. The van der Waals surface area contributed by atoms with E-state index >= 15 is 0 Å². The van der Waals surface area contributed by atoms with E-state index in [0.29, 0.717) is 23.2 Å². The van der Waals surface area contributed by atoms with Crippen molar-refractivity contribution in [2.24, 2.45) is 17.0 Å². The van der Waals surface area contributed by atoms with Gasteiger partial charge >= 0.3 is 0 Å². The number of nitrogens with two attached hydrogens (primary N) is 2. The average molecular weight is 297 g/mol. The monoisotopic (exact) mass is 297 g/mol. The molecule has 0 aliphatic heterocycles. The van der Waals surface area contributed by atoms with Gasteiger partial charge in [0.15, 0.2) is 0 Å². The summed E-state index contributed by atoms with van der Waals surface area (Å²) in [5.41, 5.74) is 6.60. The second kappa shape index (κ2) is 5.61. The highest BCUT2D eigenvalue weighted by Gasteiger charge is 2.32. The minimum Gasteiger partial charge on any atom is -0.399 e. The highest BCUT2D eigenvalue weighted by molar-refractivity contribution is 7.89. The first-order valence-corrected chi connectivity index (χ1v) is 8.56. The number of hydrogen-bond donors (Lipinski definition) is 3. The summed E-state index contributed by atoms with van der Waals surface area (Å²) in [5.74, 6) is 1.21. The fourth-order valence-corrected chi connectivity index (χ4v) is 3.85. The molecule has 0 amide bonds. The molecule has 0 radical (unpaired) electrons. The number of primary sulfonamides is 1. The van der Waals surface area contributed by atoms with Gasteiger partial charge in [0.05, 0.1) is 5.69 Å². The van der Waals surface area contributed by atoms with Crippen LogP contribution in [0.15, 0.2) is 23.1 Å². The van der Waals surface area contributed by atoms with Gasteiger partial charge in [0, 0.05) is 11.7 Å². The second-order valence-corrected chi connectivity index (χ2v) is 7.19. The highest BCUT2D eigenvalue weighted by atomic mass is 32.2. The van der Waals surface area contributed by atoms with Gasteiger partial charge in [0.2, 0.25) is 10.0 Å². The summed E-state index contributed by atoms with van der Waals surface area (Å²) in [6.45, 7) is 4.41. The number of hydrogen-bond acceptors (Lipinski definition) is 4. The smallest absolute Gasteiger partial charge is 0.240 e. The molecule has 6 heteroatoms. The van der Waals surface area contributed by atoms with E-state index in [1.54, 1.807) is 12.1 Å². The van der Waals surface area contributed by atoms with Crippen LogP contribution in [0.3, 0.4) is 0 Å². The number of anilines is 2. The Hall–Kier alpha value is -1.27. The molecular weight excluding hydrogens is 274 g/mol. The molecule has 1 fully saturated rings. The van der Waals surface area contributed by atoms with Crippen LogP contribution in [0, 0.1) is 11.8 Å². The molecule has 5 N–H and O–H groups in total. The zero-order valence-corrected chi connectivity index (χ0v) is 12.8. The largest absolute Gasteiger partial charge is 0.399 e. The van der Waals surface area contributed by atoms with Crippen LogP contribution in [0.5, 0.6) is 0 Å². The maximum absolute atomic E-state index is 11.7. The zero-order valence-electron chi connectivity index (χ0n) is 12.0. The van der Waals surface area contributed by atoms with Crippen molar-refractivity contribution in [2.45, 2.75) is 44.0 Å². The number of sulfonamides is 1. The first kappa shape index (κ1) is 15.1. The lowest BCUT2D eigenvalue weighted by atomic mass is 9.93. The Morgan fingerprint density at radius 1 is 1.35 bits per heavy atom. The molecule has 5 nitrogen and oxygen atoms in total. The summed E-state index contributed by atoms with van der Waals surface area (Å²) in [7, 11) is -3.78. The summed E-state index contributed by atoms with van der Waals surface area (Å²) in [4.78, 5) is 0.0737. The van der Waals surface area contributed by atoms with Crippen molar-refractivity contribution in [3.8, 4) is 0 Å². The molecule has 0 bridgehead atoms. The van der Waals surface area contributed by atoms with Gasteiger partial charge < -0.3 is 11.1 Å². The molecule has 0 saturated heterocycles. The fraction of sp³-hybridized carbons (Fsp3) is 0.571. The molecule has 3 atom stereocenters. The van der Waals surface area contributed by atoms with Crippen LogP contribution in [0.2, 0.25) is 0 Å². The van der Waals surface area contributed by atoms with Gasteiger partial charge in [-0.15, -0.1) is 0 Å². The molecule has 1 saturated carbocycles. The average Bonchev–Trinajstić information content (AvgIpc) is 2.71. The number of benzene rings is 1. The van der Waals surface area contributed by atoms with Crippen LogP contribution in [0.1, 0.15) is 33.1 Å². The summed E-state index contributed by atoms with van der Waals surface area (Å²) >= 11 is 0. The third kappa shape index (κ3) is 3.07. The van der Waals surface area contributed by atoms with Crippen LogP contribution in [-0.4, -0.2) is 14.5 Å².